The minimum absolute atomic E-state index is 0.161. The number of carbonyl (C=O) groups is 1. The van der Waals surface area contributed by atoms with Gasteiger partial charge in [0.1, 0.15) is 0 Å². The molecule has 0 radical (unpaired) electrons. The summed E-state index contributed by atoms with van der Waals surface area (Å²) in [7, 11) is 3.58. The summed E-state index contributed by atoms with van der Waals surface area (Å²) >= 11 is 0. The summed E-state index contributed by atoms with van der Waals surface area (Å²) in [5.74, 6) is 1.69. The van der Waals surface area contributed by atoms with Crippen LogP contribution in [0, 0.1) is 5.92 Å². The van der Waals surface area contributed by atoms with Crippen LogP contribution in [0.2, 0.25) is 0 Å². The molecule has 24 heavy (non-hydrogen) atoms. The number of piperidine rings is 1. The van der Waals surface area contributed by atoms with Crippen molar-refractivity contribution >= 4 is 11.9 Å². The van der Waals surface area contributed by atoms with Gasteiger partial charge in [-0.25, -0.2) is 0 Å². The van der Waals surface area contributed by atoms with Crippen LogP contribution >= 0.6 is 0 Å². The molecule has 0 aromatic carbocycles. The molecule has 1 amide bonds. The van der Waals surface area contributed by atoms with Crippen molar-refractivity contribution in [3.63, 3.8) is 0 Å². The minimum Gasteiger partial charge on any atom is -0.359 e. The molecule has 6 heteroatoms. The summed E-state index contributed by atoms with van der Waals surface area (Å²) in [6.07, 6.45) is 8.25. The van der Waals surface area contributed by atoms with E-state index in [2.05, 4.69) is 25.4 Å². The number of amides is 1. The number of carbonyl (C=O) groups excluding carboxylic acids is 1. The zero-order valence-corrected chi connectivity index (χ0v) is 15.5. The third kappa shape index (κ3) is 6.30. The first-order valence-corrected chi connectivity index (χ1v) is 9.61. The first kappa shape index (κ1) is 19.0. The molecule has 2 aliphatic rings. The van der Waals surface area contributed by atoms with Gasteiger partial charge in [-0.2, -0.15) is 0 Å². The summed E-state index contributed by atoms with van der Waals surface area (Å²) in [5, 5.41) is 6.26. The van der Waals surface area contributed by atoms with Crippen molar-refractivity contribution in [1.29, 1.82) is 0 Å². The van der Waals surface area contributed by atoms with Gasteiger partial charge >= 0.3 is 0 Å². The van der Waals surface area contributed by atoms with E-state index in [9.17, 15) is 4.79 Å². The SMILES string of the molecule is CN=C(NCCN1CCCCCC1)N1CCC(CC(=O)NC)CC1. The molecule has 0 spiro atoms. The van der Waals surface area contributed by atoms with Crippen LogP contribution in [0.1, 0.15) is 44.9 Å². The largest absolute Gasteiger partial charge is 0.359 e. The molecule has 0 unspecified atom stereocenters. The van der Waals surface area contributed by atoms with E-state index >= 15 is 0 Å². The summed E-state index contributed by atoms with van der Waals surface area (Å²) in [6.45, 7) is 6.53. The van der Waals surface area contributed by atoms with Crippen LogP contribution in [0.3, 0.4) is 0 Å². The molecule has 0 atom stereocenters. The third-order valence-electron chi connectivity index (χ3n) is 5.29. The molecule has 0 aromatic heterocycles. The van der Waals surface area contributed by atoms with Crippen molar-refractivity contribution in [2.24, 2.45) is 10.9 Å². The lowest BCUT2D eigenvalue weighted by atomic mass is 9.93. The summed E-state index contributed by atoms with van der Waals surface area (Å²) in [4.78, 5) is 20.9. The first-order valence-electron chi connectivity index (χ1n) is 9.61. The lowest BCUT2D eigenvalue weighted by molar-refractivity contribution is -0.121. The van der Waals surface area contributed by atoms with Crippen LogP contribution in [0.5, 0.6) is 0 Å². The van der Waals surface area contributed by atoms with Gasteiger partial charge < -0.3 is 20.4 Å². The Kier molecular flexibility index (Phi) is 8.36. The number of rotatable bonds is 5. The Labute approximate surface area is 147 Å². The second kappa shape index (κ2) is 10.5. The number of hydrogen-bond donors (Lipinski definition) is 2. The number of guanidine groups is 1. The smallest absolute Gasteiger partial charge is 0.220 e. The van der Waals surface area contributed by atoms with Crippen molar-refractivity contribution in [1.82, 2.24) is 20.4 Å². The standard InChI is InChI=1S/C18H35N5O/c1-19-17(24)15-16-7-12-23(13-8-16)18(20-2)21-9-14-22-10-5-3-4-6-11-22/h16H,3-15H2,1-2H3,(H,19,24)(H,20,21). The molecule has 2 heterocycles. The molecule has 0 aromatic rings. The molecular formula is C18H35N5O. The highest BCUT2D eigenvalue weighted by Crippen LogP contribution is 2.20. The predicted molar refractivity (Wildman–Crippen MR) is 99.3 cm³/mol. The van der Waals surface area contributed by atoms with E-state index in [-0.39, 0.29) is 5.91 Å². The molecule has 2 aliphatic heterocycles. The Morgan fingerprint density at radius 2 is 1.75 bits per heavy atom. The van der Waals surface area contributed by atoms with E-state index in [1.807, 2.05) is 7.05 Å². The Bertz CT molecular complexity index is 396. The lowest BCUT2D eigenvalue weighted by Gasteiger charge is -2.34. The number of nitrogens with zero attached hydrogens (tertiary/aromatic N) is 3. The Hall–Kier alpha value is -1.30. The molecule has 2 N–H and O–H groups in total. The van der Waals surface area contributed by atoms with E-state index < -0.39 is 0 Å². The average Bonchev–Trinajstić information content (AvgIpc) is 2.88. The lowest BCUT2D eigenvalue weighted by Crippen LogP contribution is -2.47. The van der Waals surface area contributed by atoms with Gasteiger partial charge in [-0.15, -0.1) is 0 Å². The van der Waals surface area contributed by atoms with Gasteiger partial charge in [-0.1, -0.05) is 12.8 Å². The van der Waals surface area contributed by atoms with Gasteiger partial charge in [-0.05, 0) is 44.7 Å². The van der Waals surface area contributed by atoms with Gasteiger partial charge in [0.2, 0.25) is 5.91 Å². The fraction of sp³-hybridized carbons (Fsp3) is 0.889. The Balaban J connectivity index is 1.67. The van der Waals surface area contributed by atoms with E-state index in [0.717, 1.165) is 45.0 Å². The predicted octanol–water partition coefficient (Wildman–Crippen LogP) is 1.29. The van der Waals surface area contributed by atoms with E-state index in [1.54, 1.807) is 7.05 Å². The number of likely N-dealkylation sites (tertiary alicyclic amines) is 2. The maximum Gasteiger partial charge on any atom is 0.220 e. The quantitative estimate of drug-likeness (QED) is 0.586. The highest BCUT2D eigenvalue weighted by molar-refractivity contribution is 5.80. The molecule has 138 valence electrons. The normalized spacial score (nSPS) is 21.4. The minimum atomic E-state index is 0.161. The van der Waals surface area contributed by atoms with Crippen LogP contribution in [0.4, 0.5) is 0 Å². The maximum atomic E-state index is 11.5. The van der Waals surface area contributed by atoms with E-state index in [4.69, 9.17) is 0 Å². The van der Waals surface area contributed by atoms with Crippen molar-refractivity contribution in [3.8, 4) is 0 Å². The Morgan fingerprint density at radius 1 is 1.08 bits per heavy atom. The number of aliphatic imine (C=N–C) groups is 1. The van der Waals surface area contributed by atoms with Gasteiger partial charge in [0, 0.05) is 46.7 Å². The van der Waals surface area contributed by atoms with Crippen LogP contribution in [-0.4, -0.2) is 75.0 Å². The highest BCUT2D eigenvalue weighted by Gasteiger charge is 2.23. The van der Waals surface area contributed by atoms with Gasteiger partial charge in [0.15, 0.2) is 5.96 Å². The zero-order valence-electron chi connectivity index (χ0n) is 15.5. The molecule has 2 fully saturated rings. The van der Waals surface area contributed by atoms with Crippen LogP contribution < -0.4 is 10.6 Å². The summed E-state index contributed by atoms with van der Waals surface area (Å²) in [5.41, 5.74) is 0. The fourth-order valence-electron chi connectivity index (χ4n) is 3.73. The van der Waals surface area contributed by atoms with Crippen LogP contribution in [0.25, 0.3) is 0 Å². The van der Waals surface area contributed by atoms with Crippen LogP contribution in [0.15, 0.2) is 4.99 Å². The summed E-state index contributed by atoms with van der Waals surface area (Å²) in [6, 6.07) is 0. The molecular weight excluding hydrogens is 302 g/mol. The second-order valence-electron chi connectivity index (χ2n) is 7.04. The zero-order chi connectivity index (χ0) is 17.2. The Morgan fingerprint density at radius 3 is 2.33 bits per heavy atom. The fourth-order valence-corrected chi connectivity index (χ4v) is 3.73. The first-order chi connectivity index (χ1) is 11.7. The topological polar surface area (TPSA) is 60.0 Å². The maximum absolute atomic E-state index is 11.5. The number of nitrogens with one attached hydrogen (secondary N) is 2. The van der Waals surface area contributed by atoms with Crippen molar-refractivity contribution < 1.29 is 4.79 Å². The summed E-state index contributed by atoms with van der Waals surface area (Å²) < 4.78 is 0. The number of hydrogen-bond acceptors (Lipinski definition) is 3. The van der Waals surface area contributed by atoms with Crippen molar-refractivity contribution in [3.05, 3.63) is 0 Å². The highest BCUT2D eigenvalue weighted by atomic mass is 16.1. The van der Waals surface area contributed by atoms with Crippen molar-refractivity contribution in [2.75, 3.05) is 53.4 Å². The molecule has 0 saturated carbocycles. The van der Waals surface area contributed by atoms with E-state index in [1.165, 1.54) is 38.8 Å². The van der Waals surface area contributed by atoms with Gasteiger partial charge in [0.25, 0.3) is 0 Å². The second-order valence-corrected chi connectivity index (χ2v) is 7.04. The molecule has 2 saturated heterocycles. The van der Waals surface area contributed by atoms with Crippen LogP contribution in [-0.2, 0) is 4.79 Å². The molecule has 0 aliphatic carbocycles. The third-order valence-corrected chi connectivity index (χ3v) is 5.29. The molecule has 0 bridgehead atoms. The monoisotopic (exact) mass is 337 g/mol. The molecule has 6 nitrogen and oxygen atoms in total. The van der Waals surface area contributed by atoms with E-state index in [0.29, 0.717) is 12.3 Å². The molecule has 2 rings (SSSR count). The average molecular weight is 338 g/mol. The van der Waals surface area contributed by atoms with Crippen molar-refractivity contribution in [2.45, 2.75) is 44.9 Å². The van der Waals surface area contributed by atoms with Gasteiger partial charge in [-0.3, -0.25) is 9.79 Å². The van der Waals surface area contributed by atoms with Gasteiger partial charge in [0.05, 0.1) is 0 Å².